The molecule has 0 radical (unpaired) electrons. The first kappa shape index (κ1) is 14.5. The molecule has 5 heteroatoms. The van der Waals surface area contributed by atoms with E-state index in [1.807, 2.05) is 17.9 Å². The summed E-state index contributed by atoms with van der Waals surface area (Å²) in [5.74, 6) is 0.394. The molecule has 0 aromatic heterocycles. The van der Waals surface area contributed by atoms with Crippen LogP contribution in [-0.2, 0) is 9.53 Å². The zero-order valence-corrected chi connectivity index (χ0v) is 12.2. The van der Waals surface area contributed by atoms with E-state index in [2.05, 4.69) is 5.32 Å². The molecule has 0 saturated carbocycles. The van der Waals surface area contributed by atoms with Crippen molar-refractivity contribution in [3.8, 4) is 0 Å². The van der Waals surface area contributed by atoms with E-state index in [1.165, 1.54) is 12.1 Å². The number of carbonyl (C=O) groups is 1. The maximum Gasteiger partial charge on any atom is 0.225 e. The Morgan fingerprint density at radius 1 is 1.48 bits per heavy atom. The van der Waals surface area contributed by atoms with Gasteiger partial charge in [-0.3, -0.25) is 4.79 Å². The van der Waals surface area contributed by atoms with Crippen LogP contribution < -0.4 is 5.32 Å². The highest BCUT2D eigenvalue weighted by atomic mass is 19.1. The molecule has 2 aliphatic heterocycles. The molecular formula is C16H21FN2O2. The summed E-state index contributed by atoms with van der Waals surface area (Å²) >= 11 is 0. The van der Waals surface area contributed by atoms with Crippen LogP contribution in [0.2, 0.25) is 0 Å². The molecular weight excluding hydrogens is 271 g/mol. The SMILES string of the molecule is CC(C(=O)N1CCOC(c2cccc(F)c2)C1)C1CNC1. The van der Waals surface area contributed by atoms with Crippen molar-refractivity contribution in [3.05, 3.63) is 35.6 Å². The topological polar surface area (TPSA) is 41.6 Å². The van der Waals surface area contributed by atoms with Crippen molar-refractivity contribution in [1.82, 2.24) is 10.2 Å². The summed E-state index contributed by atoms with van der Waals surface area (Å²) < 4.78 is 19.0. The molecule has 1 amide bonds. The average Bonchev–Trinajstić information content (AvgIpc) is 2.45. The molecule has 1 aromatic rings. The maximum atomic E-state index is 13.3. The summed E-state index contributed by atoms with van der Waals surface area (Å²) in [7, 11) is 0. The van der Waals surface area contributed by atoms with Crippen molar-refractivity contribution in [2.45, 2.75) is 13.0 Å². The fourth-order valence-electron chi connectivity index (χ4n) is 2.91. The third-order valence-electron chi connectivity index (χ3n) is 4.51. The lowest BCUT2D eigenvalue weighted by atomic mass is 9.87. The van der Waals surface area contributed by atoms with Gasteiger partial charge in [0.1, 0.15) is 11.9 Å². The Morgan fingerprint density at radius 2 is 2.29 bits per heavy atom. The van der Waals surface area contributed by atoms with Crippen LogP contribution in [0.15, 0.2) is 24.3 Å². The molecule has 114 valence electrons. The summed E-state index contributed by atoms with van der Waals surface area (Å²) in [6.45, 7) is 5.47. The number of hydrogen-bond donors (Lipinski definition) is 1. The van der Waals surface area contributed by atoms with Crippen molar-refractivity contribution in [2.24, 2.45) is 11.8 Å². The van der Waals surface area contributed by atoms with E-state index in [4.69, 9.17) is 4.74 Å². The van der Waals surface area contributed by atoms with Gasteiger partial charge in [-0.1, -0.05) is 19.1 Å². The van der Waals surface area contributed by atoms with Gasteiger partial charge in [0, 0.05) is 12.5 Å². The minimum Gasteiger partial charge on any atom is -0.370 e. The molecule has 2 fully saturated rings. The fraction of sp³-hybridized carbons (Fsp3) is 0.562. The highest BCUT2D eigenvalue weighted by Crippen LogP contribution is 2.25. The average molecular weight is 292 g/mol. The molecule has 2 atom stereocenters. The number of rotatable bonds is 3. The number of amides is 1. The first-order valence-electron chi connectivity index (χ1n) is 7.51. The van der Waals surface area contributed by atoms with Crippen molar-refractivity contribution < 1.29 is 13.9 Å². The molecule has 3 rings (SSSR count). The number of ether oxygens (including phenoxy) is 1. The smallest absolute Gasteiger partial charge is 0.225 e. The van der Waals surface area contributed by atoms with Gasteiger partial charge in [0.05, 0.1) is 13.2 Å². The highest BCUT2D eigenvalue weighted by molar-refractivity contribution is 5.79. The van der Waals surface area contributed by atoms with E-state index in [1.54, 1.807) is 6.07 Å². The third-order valence-corrected chi connectivity index (χ3v) is 4.51. The van der Waals surface area contributed by atoms with E-state index >= 15 is 0 Å². The van der Waals surface area contributed by atoms with E-state index in [-0.39, 0.29) is 23.7 Å². The predicted octanol–water partition coefficient (Wildman–Crippen LogP) is 1.58. The second-order valence-corrected chi connectivity index (χ2v) is 5.91. The van der Waals surface area contributed by atoms with Gasteiger partial charge >= 0.3 is 0 Å². The molecule has 4 nitrogen and oxygen atoms in total. The Balaban J connectivity index is 1.66. The van der Waals surface area contributed by atoms with Crippen LogP contribution in [0.5, 0.6) is 0 Å². The molecule has 2 unspecified atom stereocenters. The van der Waals surface area contributed by atoms with Crippen molar-refractivity contribution in [1.29, 1.82) is 0 Å². The van der Waals surface area contributed by atoms with Crippen LogP contribution in [0.4, 0.5) is 4.39 Å². The van der Waals surface area contributed by atoms with Gasteiger partial charge in [0.25, 0.3) is 0 Å². The molecule has 0 aliphatic carbocycles. The molecule has 1 aromatic carbocycles. The molecule has 21 heavy (non-hydrogen) atoms. The van der Waals surface area contributed by atoms with E-state index in [9.17, 15) is 9.18 Å². The first-order valence-corrected chi connectivity index (χ1v) is 7.51. The molecule has 0 spiro atoms. The van der Waals surface area contributed by atoms with Gasteiger partial charge in [-0.05, 0) is 36.7 Å². The van der Waals surface area contributed by atoms with Crippen LogP contribution in [0.1, 0.15) is 18.6 Å². The number of nitrogens with one attached hydrogen (secondary N) is 1. The third kappa shape index (κ3) is 3.09. The van der Waals surface area contributed by atoms with Gasteiger partial charge in [-0.15, -0.1) is 0 Å². The van der Waals surface area contributed by atoms with Crippen LogP contribution in [0.25, 0.3) is 0 Å². The largest absolute Gasteiger partial charge is 0.370 e. The zero-order chi connectivity index (χ0) is 14.8. The van der Waals surface area contributed by atoms with E-state index in [0.29, 0.717) is 25.6 Å². The maximum absolute atomic E-state index is 13.3. The summed E-state index contributed by atoms with van der Waals surface area (Å²) in [4.78, 5) is 14.4. The van der Waals surface area contributed by atoms with Gasteiger partial charge < -0.3 is 15.0 Å². The molecule has 1 N–H and O–H groups in total. The second-order valence-electron chi connectivity index (χ2n) is 5.91. The lowest BCUT2D eigenvalue weighted by molar-refractivity contribution is -0.145. The number of halogens is 1. The first-order chi connectivity index (χ1) is 10.1. The zero-order valence-electron chi connectivity index (χ0n) is 12.2. The Labute approximate surface area is 124 Å². The van der Waals surface area contributed by atoms with Gasteiger partial charge in [0.2, 0.25) is 5.91 Å². The number of hydrogen-bond acceptors (Lipinski definition) is 3. The quantitative estimate of drug-likeness (QED) is 0.919. The van der Waals surface area contributed by atoms with Gasteiger partial charge in [-0.25, -0.2) is 4.39 Å². The highest BCUT2D eigenvalue weighted by Gasteiger charge is 2.34. The molecule has 2 heterocycles. The van der Waals surface area contributed by atoms with E-state index in [0.717, 1.165) is 18.7 Å². The normalized spacial score (nSPS) is 24.5. The Morgan fingerprint density at radius 3 is 2.95 bits per heavy atom. The second kappa shape index (κ2) is 6.12. The Hall–Kier alpha value is -1.46. The monoisotopic (exact) mass is 292 g/mol. The summed E-state index contributed by atoms with van der Waals surface area (Å²) in [6, 6.07) is 6.43. The number of carbonyl (C=O) groups excluding carboxylic acids is 1. The van der Waals surface area contributed by atoms with Crippen molar-refractivity contribution >= 4 is 5.91 Å². The van der Waals surface area contributed by atoms with Gasteiger partial charge in [0.15, 0.2) is 0 Å². The van der Waals surface area contributed by atoms with Crippen LogP contribution in [0.3, 0.4) is 0 Å². The Bertz CT molecular complexity index is 519. The fourth-order valence-corrected chi connectivity index (χ4v) is 2.91. The minimum absolute atomic E-state index is 0.0394. The van der Waals surface area contributed by atoms with Gasteiger partial charge in [-0.2, -0.15) is 0 Å². The van der Waals surface area contributed by atoms with Crippen LogP contribution in [0, 0.1) is 17.7 Å². The predicted molar refractivity (Wildman–Crippen MR) is 77.2 cm³/mol. The van der Waals surface area contributed by atoms with Crippen molar-refractivity contribution in [3.63, 3.8) is 0 Å². The number of benzene rings is 1. The minimum atomic E-state index is -0.270. The lowest BCUT2D eigenvalue weighted by Crippen LogP contribution is -2.52. The summed E-state index contributed by atoms with van der Waals surface area (Å²) in [5, 5.41) is 3.20. The van der Waals surface area contributed by atoms with Crippen LogP contribution >= 0.6 is 0 Å². The summed E-state index contributed by atoms with van der Waals surface area (Å²) in [6.07, 6.45) is -0.231. The molecule has 0 bridgehead atoms. The molecule has 2 aliphatic rings. The Kier molecular flexibility index (Phi) is 4.22. The summed E-state index contributed by atoms with van der Waals surface area (Å²) in [5.41, 5.74) is 0.797. The van der Waals surface area contributed by atoms with Crippen molar-refractivity contribution in [2.75, 3.05) is 32.8 Å². The standard InChI is InChI=1S/C16H21FN2O2/c1-11(13-8-18-9-13)16(20)19-5-6-21-15(10-19)12-3-2-4-14(17)7-12/h2-4,7,11,13,15,18H,5-6,8-10H2,1H3. The molecule has 2 saturated heterocycles. The number of nitrogens with zero attached hydrogens (tertiary/aromatic N) is 1. The number of morpholine rings is 1. The lowest BCUT2D eigenvalue weighted by Gasteiger charge is -2.38. The van der Waals surface area contributed by atoms with E-state index < -0.39 is 0 Å². The van der Waals surface area contributed by atoms with Crippen LogP contribution in [-0.4, -0.2) is 43.6 Å².